The summed E-state index contributed by atoms with van der Waals surface area (Å²) < 4.78 is 2.13. The van der Waals surface area contributed by atoms with Crippen molar-refractivity contribution in [1.29, 1.82) is 0 Å². The van der Waals surface area contributed by atoms with Crippen molar-refractivity contribution in [3.8, 4) is 11.3 Å². The van der Waals surface area contributed by atoms with Gasteiger partial charge in [-0.2, -0.15) is 0 Å². The van der Waals surface area contributed by atoms with Crippen LogP contribution in [-0.2, 0) is 18.4 Å². The lowest BCUT2D eigenvalue weighted by atomic mass is 10.0. The zero-order valence-corrected chi connectivity index (χ0v) is 20.7. The molecule has 0 spiro atoms. The largest absolute Gasteiger partial charge is 0.351 e. The zero-order valence-electron chi connectivity index (χ0n) is 20.7. The number of rotatable bonds is 8. The number of carbonyl (C=O) groups excluding carboxylic acids is 2. The van der Waals surface area contributed by atoms with E-state index in [2.05, 4.69) is 37.9 Å². The number of amides is 1. The number of nitrogens with zero attached hydrogens (tertiary/aromatic N) is 3. The summed E-state index contributed by atoms with van der Waals surface area (Å²) in [7, 11) is 2.03. The van der Waals surface area contributed by atoms with Gasteiger partial charge in [-0.3, -0.25) is 19.4 Å². The lowest BCUT2D eigenvalue weighted by Gasteiger charge is -2.33. The Morgan fingerprint density at radius 1 is 0.750 bits per heavy atom. The Balaban J connectivity index is 1.22. The number of hydrogen-bond acceptors (Lipinski definition) is 4. The number of carbonyl (C=O) groups is 2. The van der Waals surface area contributed by atoms with Gasteiger partial charge in [-0.15, -0.1) is 0 Å². The summed E-state index contributed by atoms with van der Waals surface area (Å²) in [6.07, 6.45) is 0. The number of piperazine rings is 1. The molecule has 2 heterocycles. The Hall–Kier alpha value is -3.74. The second-order valence-electron chi connectivity index (χ2n) is 9.40. The lowest BCUT2D eigenvalue weighted by Crippen LogP contribution is -2.50. The van der Waals surface area contributed by atoms with Crippen molar-refractivity contribution >= 4 is 22.6 Å². The van der Waals surface area contributed by atoms with Crippen molar-refractivity contribution in [3.63, 3.8) is 0 Å². The first kappa shape index (κ1) is 24.0. The molecule has 0 radical (unpaired) electrons. The number of aromatic nitrogens is 1. The first-order chi connectivity index (χ1) is 17.6. The van der Waals surface area contributed by atoms with Crippen LogP contribution < -0.4 is 5.32 Å². The molecule has 1 amide bonds. The van der Waals surface area contributed by atoms with E-state index < -0.39 is 0 Å². The molecule has 1 aliphatic heterocycles. The molecule has 36 heavy (non-hydrogen) atoms. The molecule has 0 aliphatic carbocycles. The first-order valence-electron chi connectivity index (χ1n) is 12.5. The van der Waals surface area contributed by atoms with Gasteiger partial charge in [0.15, 0.2) is 5.78 Å². The highest BCUT2D eigenvalue weighted by molar-refractivity contribution is 6.14. The van der Waals surface area contributed by atoms with Crippen LogP contribution >= 0.6 is 0 Å². The normalized spacial score (nSPS) is 14.7. The SMILES string of the molecule is Cn1c(-c2ccccc2)c(C(=O)CN2CCN(CC(=O)NCc3ccccc3)CC2)c2ccccc21. The van der Waals surface area contributed by atoms with Gasteiger partial charge in [0, 0.05) is 50.7 Å². The van der Waals surface area contributed by atoms with Crippen LogP contribution in [0.4, 0.5) is 0 Å². The number of aryl methyl sites for hydroxylation is 1. The van der Waals surface area contributed by atoms with Gasteiger partial charge >= 0.3 is 0 Å². The zero-order chi connectivity index (χ0) is 24.9. The van der Waals surface area contributed by atoms with E-state index in [4.69, 9.17) is 0 Å². The standard InChI is InChI=1S/C30H32N4O2/c1-32-26-15-9-8-14-25(26)29(30(32)24-12-6-3-7-13-24)27(35)21-33-16-18-34(19-17-33)22-28(36)31-20-23-10-4-2-5-11-23/h2-15H,16-22H2,1H3,(H,31,36). The third-order valence-electron chi connectivity index (χ3n) is 6.96. The van der Waals surface area contributed by atoms with Gasteiger partial charge in [-0.25, -0.2) is 0 Å². The van der Waals surface area contributed by atoms with Crippen molar-refractivity contribution in [1.82, 2.24) is 19.7 Å². The number of hydrogen-bond donors (Lipinski definition) is 1. The summed E-state index contributed by atoms with van der Waals surface area (Å²) in [5, 5.41) is 4.00. The molecule has 184 valence electrons. The van der Waals surface area contributed by atoms with E-state index in [-0.39, 0.29) is 11.7 Å². The quantitative estimate of drug-likeness (QED) is 0.388. The molecule has 1 saturated heterocycles. The predicted molar refractivity (Wildman–Crippen MR) is 144 cm³/mol. The maximum atomic E-state index is 13.7. The average molecular weight is 481 g/mol. The van der Waals surface area contributed by atoms with Crippen LogP contribution in [0.5, 0.6) is 0 Å². The fraction of sp³-hybridized carbons (Fsp3) is 0.267. The molecule has 4 aromatic rings. The molecule has 1 aromatic heterocycles. The highest BCUT2D eigenvalue weighted by Crippen LogP contribution is 2.33. The highest BCUT2D eigenvalue weighted by Gasteiger charge is 2.26. The van der Waals surface area contributed by atoms with Gasteiger partial charge in [0.2, 0.25) is 5.91 Å². The van der Waals surface area contributed by atoms with Crippen molar-refractivity contribution in [2.75, 3.05) is 39.3 Å². The van der Waals surface area contributed by atoms with Crippen LogP contribution in [0, 0.1) is 0 Å². The molecule has 0 atom stereocenters. The number of Topliss-reactive ketones (excluding diaryl/α,β-unsaturated/α-hetero) is 1. The molecular formula is C30H32N4O2. The maximum absolute atomic E-state index is 13.7. The summed E-state index contributed by atoms with van der Waals surface area (Å²) in [5.41, 5.74) is 4.96. The summed E-state index contributed by atoms with van der Waals surface area (Å²) in [4.78, 5) is 30.5. The topological polar surface area (TPSA) is 57.6 Å². The minimum atomic E-state index is 0.0339. The van der Waals surface area contributed by atoms with Crippen molar-refractivity contribution in [2.24, 2.45) is 7.05 Å². The van der Waals surface area contributed by atoms with Crippen molar-refractivity contribution in [3.05, 3.63) is 96.1 Å². The third-order valence-corrected chi connectivity index (χ3v) is 6.96. The number of nitrogens with one attached hydrogen (secondary N) is 1. The predicted octanol–water partition coefficient (Wildman–Crippen LogP) is 3.96. The Kier molecular flexibility index (Phi) is 7.26. The molecule has 0 unspecified atom stereocenters. The van der Waals surface area contributed by atoms with Crippen LogP contribution in [0.1, 0.15) is 15.9 Å². The van der Waals surface area contributed by atoms with E-state index in [1.807, 2.05) is 73.8 Å². The molecule has 6 heteroatoms. The smallest absolute Gasteiger partial charge is 0.234 e. The molecule has 1 aliphatic rings. The molecule has 5 rings (SSSR count). The molecule has 1 fully saturated rings. The lowest BCUT2D eigenvalue weighted by molar-refractivity contribution is -0.122. The van der Waals surface area contributed by atoms with Crippen LogP contribution in [0.3, 0.4) is 0 Å². The molecule has 6 nitrogen and oxygen atoms in total. The van der Waals surface area contributed by atoms with Gasteiger partial charge in [0.1, 0.15) is 0 Å². The minimum absolute atomic E-state index is 0.0339. The summed E-state index contributed by atoms with van der Waals surface area (Å²) in [5.74, 6) is 0.173. The number of para-hydroxylation sites is 1. The molecule has 0 saturated carbocycles. The highest BCUT2D eigenvalue weighted by atomic mass is 16.2. The second-order valence-corrected chi connectivity index (χ2v) is 9.40. The van der Waals surface area contributed by atoms with Crippen molar-refractivity contribution < 1.29 is 9.59 Å². The van der Waals surface area contributed by atoms with Crippen LogP contribution in [-0.4, -0.2) is 65.3 Å². The van der Waals surface area contributed by atoms with E-state index in [1.54, 1.807) is 0 Å². The molecular weight excluding hydrogens is 448 g/mol. The average Bonchev–Trinajstić information content (AvgIpc) is 3.22. The van der Waals surface area contributed by atoms with E-state index in [1.165, 1.54) is 0 Å². The molecule has 3 aromatic carbocycles. The fourth-order valence-electron chi connectivity index (χ4n) is 5.05. The molecule has 0 bridgehead atoms. The second kappa shape index (κ2) is 10.9. The van der Waals surface area contributed by atoms with Crippen LogP contribution in [0.15, 0.2) is 84.9 Å². The van der Waals surface area contributed by atoms with Gasteiger partial charge in [-0.1, -0.05) is 78.9 Å². The Bertz CT molecular complexity index is 1340. The van der Waals surface area contributed by atoms with Gasteiger partial charge in [0.25, 0.3) is 0 Å². The maximum Gasteiger partial charge on any atom is 0.234 e. The first-order valence-corrected chi connectivity index (χ1v) is 12.5. The Morgan fingerprint density at radius 3 is 2.03 bits per heavy atom. The van der Waals surface area contributed by atoms with E-state index in [0.29, 0.717) is 19.6 Å². The van der Waals surface area contributed by atoms with Gasteiger partial charge < -0.3 is 9.88 Å². The van der Waals surface area contributed by atoms with Gasteiger partial charge in [0.05, 0.1) is 24.3 Å². The Morgan fingerprint density at radius 2 is 1.33 bits per heavy atom. The summed E-state index contributed by atoms with van der Waals surface area (Å²) >= 11 is 0. The monoisotopic (exact) mass is 480 g/mol. The van der Waals surface area contributed by atoms with Gasteiger partial charge in [-0.05, 0) is 17.2 Å². The van der Waals surface area contributed by atoms with Crippen molar-refractivity contribution in [2.45, 2.75) is 6.54 Å². The van der Waals surface area contributed by atoms with E-state index >= 15 is 0 Å². The molecule has 1 N–H and O–H groups in total. The fourth-order valence-corrected chi connectivity index (χ4v) is 5.05. The number of ketones is 1. The van der Waals surface area contributed by atoms with E-state index in [0.717, 1.165) is 59.5 Å². The van der Waals surface area contributed by atoms with Crippen LogP contribution in [0.2, 0.25) is 0 Å². The number of fused-ring (bicyclic) bond motifs is 1. The minimum Gasteiger partial charge on any atom is -0.351 e. The summed E-state index contributed by atoms with van der Waals surface area (Å²) in [6, 6.07) is 28.2. The number of benzene rings is 3. The van der Waals surface area contributed by atoms with Crippen LogP contribution in [0.25, 0.3) is 22.2 Å². The summed E-state index contributed by atoms with van der Waals surface area (Å²) in [6.45, 7) is 4.38. The third kappa shape index (κ3) is 5.25. The van der Waals surface area contributed by atoms with E-state index in [9.17, 15) is 9.59 Å². The Labute approximate surface area is 212 Å².